The van der Waals surface area contributed by atoms with E-state index in [0.29, 0.717) is 12.5 Å². The molecule has 1 saturated carbocycles. The zero-order valence-electron chi connectivity index (χ0n) is 11.6. The molecule has 0 spiro atoms. The van der Waals surface area contributed by atoms with Crippen LogP contribution in [0.25, 0.3) is 0 Å². The molecule has 0 aromatic rings. The van der Waals surface area contributed by atoms with Gasteiger partial charge < -0.3 is 20.5 Å². The van der Waals surface area contributed by atoms with E-state index in [1.807, 2.05) is 6.92 Å². The highest BCUT2D eigenvalue weighted by molar-refractivity contribution is 4.95. The van der Waals surface area contributed by atoms with Gasteiger partial charge in [0.1, 0.15) is 0 Å². The van der Waals surface area contributed by atoms with Gasteiger partial charge in [0.2, 0.25) is 0 Å². The highest BCUT2D eigenvalue weighted by Crippen LogP contribution is 2.39. The number of rotatable bonds is 5. The van der Waals surface area contributed by atoms with Crippen LogP contribution in [0.2, 0.25) is 0 Å². The van der Waals surface area contributed by atoms with Gasteiger partial charge in [-0.2, -0.15) is 0 Å². The number of aliphatic hydroxyl groups is 1. The van der Waals surface area contributed by atoms with Crippen LogP contribution in [-0.2, 0) is 4.74 Å². The van der Waals surface area contributed by atoms with Gasteiger partial charge in [0.05, 0.1) is 11.7 Å². The molecule has 0 aromatic carbocycles. The monoisotopic (exact) mass is 256 g/mol. The van der Waals surface area contributed by atoms with Crippen LogP contribution >= 0.6 is 0 Å². The van der Waals surface area contributed by atoms with Gasteiger partial charge in [0, 0.05) is 38.7 Å². The highest BCUT2D eigenvalue weighted by atomic mass is 16.5. The van der Waals surface area contributed by atoms with Crippen molar-refractivity contribution in [2.24, 2.45) is 11.7 Å². The third-order valence-corrected chi connectivity index (χ3v) is 4.64. The van der Waals surface area contributed by atoms with E-state index in [1.165, 1.54) is 19.3 Å². The van der Waals surface area contributed by atoms with Gasteiger partial charge in [-0.05, 0) is 26.2 Å². The van der Waals surface area contributed by atoms with Crippen LogP contribution < -0.4 is 5.73 Å². The topological polar surface area (TPSA) is 58.7 Å². The molecule has 1 saturated heterocycles. The molecule has 3 unspecified atom stereocenters. The summed E-state index contributed by atoms with van der Waals surface area (Å²) in [6, 6.07) is 0. The third kappa shape index (κ3) is 3.23. The predicted molar refractivity (Wildman–Crippen MR) is 72.4 cm³/mol. The lowest BCUT2D eigenvalue weighted by Crippen LogP contribution is -2.55. The molecule has 106 valence electrons. The van der Waals surface area contributed by atoms with Gasteiger partial charge in [-0.15, -0.1) is 0 Å². The Morgan fingerprint density at radius 3 is 3.00 bits per heavy atom. The first-order valence-electron chi connectivity index (χ1n) is 7.44. The summed E-state index contributed by atoms with van der Waals surface area (Å²) >= 11 is 0. The van der Waals surface area contributed by atoms with Crippen molar-refractivity contribution in [2.75, 3.05) is 32.8 Å². The summed E-state index contributed by atoms with van der Waals surface area (Å²) in [6.07, 6.45) is 5.70. The van der Waals surface area contributed by atoms with E-state index in [1.54, 1.807) is 0 Å². The Labute approximate surface area is 110 Å². The Hall–Kier alpha value is -0.160. The van der Waals surface area contributed by atoms with Gasteiger partial charge in [-0.1, -0.05) is 12.8 Å². The van der Waals surface area contributed by atoms with E-state index in [9.17, 15) is 5.11 Å². The smallest absolute Gasteiger partial charge is 0.0823 e. The molecule has 4 nitrogen and oxygen atoms in total. The van der Waals surface area contributed by atoms with Crippen molar-refractivity contribution in [3.05, 3.63) is 0 Å². The molecule has 3 N–H and O–H groups in total. The first-order valence-corrected chi connectivity index (χ1v) is 7.44. The van der Waals surface area contributed by atoms with Crippen molar-refractivity contribution < 1.29 is 9.84 Å². The van der Waals surface area contributed by atoms with Gasteiger partial charge in [0.15, 0.2) is 0 Å². The van der Waals surface area contributed by atoms with Crippen LogP contribution in [0.1, 0.15) is 39.0 Å². The second-order valence-corrected chi connectivity index (χ2v) is 5.87. The van der Waals surface area contributed by atoms with Crippen LogP contribution in [0.15, 0.2) is 0 Å². The summed E-state index contributed by atoms with van der Waals surface area (Å²) in [5.41, 5.74) is 5.36. The molecule has 18 heavy (non-hydrogen) atoms. The van der Waals surface area contributed by atoms with Crippen molar-refractivity contribution >= 4 is 0 Å². The maximum atomic E-state index is 10.6. The molecule has 1 aliphatic carbocycles. The van der Waals surface area contributed by atoms with Gasteiger partial charge in [-0.25, -0.2) is 0 Å². The molecule has 4 heteroatoms. The van der Waals surface area contributed by atoms with E-state index in [2.05, 4.69) is 4.90 Å². The molecular weight excluding hydrogens is 228 g/mol. The van der Waals surface area contributed by atoms with Crippen molar-refractivity contribution in [3.8, 4) is 0 Å². The number of hydrogen-bond acceptors (Lipinski definition) is 4. The Morgan fingerprint density at radius 2 is 2.28 bits per heavy atom. The van der Waals surface area contributed by atoms with E-state index >= 15 is 0 Å². The summed E-state index contributed by atoms with van der Waals surface area (Å²) in [4.78, 5) is 2.43. The molecular formula is C14H28N2O2. The lowest BCUT2D eigenvalue weighted by molar-refractivity contribution is -0.102. The molecule has 0 aromatic heterocycles. The summed E-state index contributed by atoms with van der Waals surface area (Å²) < 4.78 is 5.63. The third-order valence-electron chi connectivity index (χ3n) is 4.64. The van der Waals surface area contributed by atoms with Gasteiger partial charge in [0.25, 0.3) is 0 Å². The van der Waals surface area contributed by atoms with Crippen LogP contribution in [0, 0.1) is 5.92 Å². The summed E-state index contributed by atoms with van der Waals surface area (Å²) in [6.45, 7) is 6.23. The van der Waals surface area contributed by atoms with Crippen molar-refractivity contribution in [1.29, 1.82) is 0 Å². The fourth-order valence-corrected chi connectivity index (χ4v) is 3.52. The average Bonchev–Trinajstić information content (AvgIpc) is 2.38. The molecule has 2 fully saturated rings. The molecule has 1 heterocycles. The number of nitrogens with two attached hydrogens (primary N) is 1. The number of fused-ring (bicyclic) bond motifs is 1. The number of likely N-dealkylation sites (tertiary alicyclic amines) is 1. The van der Waals surface area contributed by atoms with Crippen LogP contribution in [-0.4, -0.2) is 54.5 Å². The Balaban J connectivity index is 1.86. The van der Waals surface area contributed by atoms with Gasteiger partial charge >= 0.3 is 0 Å². The molecule has 0 radical (unpaired) electrons. The highest BCUT2D eigenvalue weighted by Gasteiger charge is 2.42. The lowest BCUT2D eigenvalue weighted by atomic mass is 9.71. The number of hydrogen-bond donors (Lipinski definition) is 2. The molecule has 2 aliphatic rings. The SMILES string of the molecule is CCOC(CN)CN1CCC2(O)CCCCC2C1. The maximum absolute atomic E-state index is 10.6. The lowest BCUT2D eigenvalue weighted by Gasteiger charge is -2.48. The van der Waals surface area contributed by atoms with Crippen molar-refractivity contribution in [1.82, 2.24) is 4.90 Å². The standard InChI is InChI=1S/C14H28N2O2/c1-2-18-13(9-15)11-16-8-7-14(17)6-4-3-5-12(14)10-16/h12-13,17H,2-11,15H2,1H3. The largest absolute Gasteiger partial charge is 0.390 e. The minimum absolute atomic E-state index is 0.143. The van der Waals surface area contributed by atoms with Gasteiger partial charge in [-0.3, -0.25) is 0 Å². The van der Waals surface area contributed by atoms with E-state index in [-0.39, 0.29) is 11.7 Å². The Kier molecular flexibility index (Phi) is 5.01. The van der Waals surface area contributed by atoms with Crippen LogP contribution in [0.3, 0.4) is 0 Å². The first-order chi connectivity index (χ1) is 8.68. The fourth-order valence-electron chi connectivity index (χ4n) is 3.52. The molecule has 1 aliphatic heterocycles. The minimum Gasteiger partial charge on any atom is -0.390 e. The second-order valence-electron chi connectivity index (χ2n) is 5.87. The average molecular weight is 256 g/mol. The number of nitrogens with zero attached hydrogens (tertiary/aromatic N) is 1. The number of ether oxygens (including phenoxy) is 1. The quantitative estimate of drug-likeness (QED) is 0.770. The van der Waals surface area contributed by atoms with Crippen molar-refractivity contribution in [3.63, 3.8) is 0 Å². The molecule has 0 bridgehead atoms. The maximum Gasteiger partial charge on any atom is 0.0823 e. The number of piperidine rings is 1. The summed E-state index contributed by atoms with van der Waals surface area (Å²) in [7, 11) is 0. The normalized spacial score (nSPS) is 35.2. The summed E-state index contributed by atoms with van der Waals surface area (Å²) in [5.74, 6) is 0.458. The Morgan fingerprint density at radius 1 is 1.44 bits per heavy atom. The van der Waals surface area contributed by atoms with Crippen molar-refractivity contribution in [2.45, 2.75) is 50.7 Å². The van der Waals surface area contributed by atoms with E-state index in [0.717, 1.165) is 39.1 Å². The van der Waals surface area contributed by atoms with E-state index in [4.69, 9.17) is 10.5 Å². The molecule has 2 rings (SSSR count). The fraction of sp³-hybridized carbons (Fsp3) is 1.00. The van der Waals surface area contributed by atoms with Crippen LogP contribution in [0.5, 0.6) is 0 Å². The molecule has 3 atom stereocenters. The zero-order valence-corrected chi connectivity index (χ0v) is 11.6. The van der Waals surface area contributed by atoms with Crippen LogP contribution in [0.4, 0.5) is 0 Å². The molecule has 0 amide bonds. The zero-order chi connectivity index (χ0) is 13.0. The Bertz CT molecular complexity index is 262. The predicted octanol–water partition coefficient (Wildman–Crippen LogP) is 0.977. The summed E-state index contributed by atoms with van der Waals surface area (Å²) in [5, 5.41) is 10.6. The second kappa shape index (κ2) is 6.33. The minimum atomic E-state index is -0.376. The first kappa shape index (κ1) is 14.3. The van der Waals surface area contributed by atoms with E-state index < -0.39 is 0 Å².